The average molecular weight is 323 g/mol. The maximum atomic E-state index is 13.3. The predicted molar refractivity (Wildman–Crippen MR) is 81.9 cm³/mol. The van der Waals surface area contributed by atoms with Crippen LogP contribution in [0.4, 0.5) is 4.39 Å². The summed E-state index contributed by atoms with van der Waals surface area (Å²) in [5, 5.41) is 12.6. The number of aromatic nitrogens is 1. The molecule has 0 aliphatic carbocycles. The Morgan fingerprint density at radius 2 is 2.23 bits per heavy atom. The largest absolute Gasteiger partial charge is 0.387 e. The van der Waals surface area contributed by atoms with Crippen molar-refractivity contribution in [3.8, 4) is 0 Å². The number of benzene rings is 1. The first kappa shape index (κ1) is 16.4. The number of halogens is 2. The van der Waals surface area contributed by atoms with E-state index in [1.54, 1.807) is 12.4 Å². The summed E-state index contributed by atoms with van der Waals surface area (Å²) in [4.78, 5) is 15.7. The molecule has 1 amide bonds. The second-order valence-corrected chi connectivity index (χ2v) is 5.26. The topological polar surface area (TPSA) is 62.2 Å². The van der Waals surface area contributed by atoms with Crippen LogP contribution in [0.2, 0.25) is 5.02 Å². The van der Waals surface area contributed by atoms with Crippen molar-refractivity contribution >= 4 is 17.5 Å². The molecule has 0 aliphatic heterocycles. The number of aliphatic hydroxyl groups excluding tert-OH is 1. The molecule has 1 aromatic carbocycles. The zero-order chi connectivity index (χ0) is 15.9. The lowest BCUT2D eigenvalue weighted by Crippen LogP contribution is -2.28. The third-order valence-corrected chi connectivity index (χ3v) is 3.49. The van der Waals surface area contributed by atoms with Gasteiger partial charge in [-0.05, 0) is 35.7 Å². The van der Waals surface area contributed by atoms with E-state index in [0.29, 0.717) is 18.4 Å². The summed E-state index contributed by atoms with van der Waals surface area (Å²) in [5.41, 5.74) is 1.34. The van der Waals surface area contributed by atoms with Crippen LogP contribution in [0.5, 0.6) is 0 Å². The van der Waals surface area contributed by atoms with E-state index in [2.05, 4.69) is 10.3 Å². The first-order valence-electron chi connectivity index (χ1n) is 6.85. The molecule has 1 heterocycles. The van der Waals surface area contributed by atoms with E-state index in [1.165, 1.54) is 12.1 Å². The number of aliphatic hydroxyl groups is 1. The van der Waals surface area contributed by atoms with E-state index >= 15 is 0 Å². The van der Waals surface area contributed by atoms with Gasteiger partial charge in [-0.3, -0.25) is 9.78 Å². The Balaban J connectivity index is 1.79. The molecule has 1 atom stereocenters. The minimum atomic E-state index is -0.978. The first-order valence-corrected chi connectivity index (χ1v) is 7.22. The summed E-state index contributed by atoms with van der Waals surface area (Å²) < 4.78 is 13.3. The minimum absolute atomic E-state index is 0.00328. The number of hydrogen-bond acceptors (Lipinski definition) is 3. The standard InChI is InChI=1S/C16H16ClFN2O2/c17-13-5-4-12(8-14(13)18)15(21)10-20-16(22)6-3-11-2-1-7-19-9-11/h1-2,4-5,7-9,15,21H,3,6,10H2,(H,20,22). The molecule has 1 aromatic heterocycles. The molecule has 0 spiro atoms. The van der Waals surface area contributed by atoms with Crippen LogP contribution in [0.3, 0.4) is 0 Å². The van der Waals surface area contributed by atoms with Crippen LogP contribution in [0.15, 0.2) is 42.7 Å². The highest BCUT2D eigenvalue weighted by Gasteiger charge is 2.11. The molecule has 6 heteroatoms. The van der Waals surface area contributed by atoms with Crippen molar-refractivity contribution in [1.82, 2.24) is 10.3 Å². The van der Waals surface area contributed by atoms with E-state index in [4.69, 9.17) is 11.6 Å². The van der Waals surface area contributed by atoms with Gasteiger partial charge in [-0.2, -0.15) is 0 Å². The van der Waals surface area contributed by atoms with Gasteiger partial charge in [-0.1, -0.05) is 23.7 Å². The Morgan fingerprint density at radius 1 is 1.41 bits per heavy atom. The number of nitrogens with one attached hydrogen (secondary N) is 1. The van der Waals surface area contributed by atoms with E-state index < -0.39 is 11.9 Å². The first-order chi connectivity index (χ1) is 10.6. The Morgan fingerprint density at radius 3 is 2.91 bits per heavy atom. The highest BCUT2D eigenvalue weighted by atomic mass is 35.5. The highest BCUT2D eigenvalue weighted by Crippen LogP contribution is 2.19. The second-order valence-electron chi connectivity index (χ2n) is 4.85. The number of carbonyl (C=O) groups is 1. The SMILES string of the molecule is O=C(CCc1cccnc1)NCC(O)c1ccc(Cl)c(F)c1. The number of hydrogen-bond donors (Lipinski definition) is 2. The van der Waals surface area contributed by atoms with Gasteiger partial charge in [0.2, 0.25) is 5.91 Å². The molecule has 0 aliphatic rings. The van der Waals surface area contributed by atoms with Crippen LogP contribution in [0.25, 0.3) is 0 Å². The molecule has 2 N–H and O–H groups in total. The lowest BCUT2D eigenvalue weighted by Gasteiger charge is -2.12. The molecule has 22 heavy (non-hydrogen) atoms. The van der Waals surface area contributed by atoms with Gasteiger partial charge >= 0.3 is 0 Å². The van der Waals surface area contributed by atoms with E-state index in [-0.39, 0.29) is 17.5 Å². The second kappa shape index (κ2) is 7.87. The normalized spacial score (nSPS) is 12.0. The predicted octanol–water partition coefficient (Wildman–Crippen LogP) is 2.66. The summed E-state index contributed by atoms with van der Waals surface area (Å²) in [6.07, 6.45) is 3.27. The van der Waals surface area contributed by atoms with Gasteiger partial charge in [0.25, 0.3) is 0 Å². The zero-order valence-electron chi connectivity index (χ0n) is 11.8. The van der Waals surface area contributed by atoms with Crippen LogP contribution < -0.4 is 5.32 Å². The van der Waals surface area contributed by atoms with E-state index in [0.717, 1.165) is 11.6 Å². The summed E-state index contributed by atoms with van der Waals surface area (Å²) >= 11 is 5.58. The fraction of sp³-hybridized carbons (Fsp3) is 0.250. The van der Waals surface area contributed by atoms with Crippen LogP contribution in [0.1, 0.15) is 23.7 Å². The van der Waals surface area contributed by atoms with Crippen molar-refractivity contribution in [2.24, 2.45) is 0 Å². The third-order valence-electron chi connectivity index (χ3n) is 3.18. The van der Waals surface area contributed by atoms with Gasteiger partial charge in [-0.15, -0.1) is 0 Å². The molecule has 4 nitrogen and oxygen atoms in total. The van der Waals surface area contributed by atoms with Crippen LogP contribution in [0, 0.1) is 5.82 Å². The molecule has 0 radical (unpaired) electrons. The van der Waals surface area contributed by atoms with Crippen LogP contribution in [-0.2, 0) is 11.2 Å². The van der Waals surface area contributed by atoms with Gasteiger partial charge in [0.05, 0.1) is 11.1 Å². The number of carbonyl (C=O) groups excluding carboxylic acids is 1. The van der Waals surface area contributed by atoms with Crippen molar-refractivity contribution in [1.29, 1.82) is 0 Å². The van der Waals surface area contributed by atoms with Gasteiger partial charge in [-0.25, -0.2) is 4.39 Å². The summed E-state index contributed by atoms with van der Waals surface area (Å²) in [7, 11) is 0. The highest BCUT2D eigenvalue weighted by molar-refractivity contribution is 6.30. The molecule has 116 valence electrons. The summed E-state index contributed by atoms with van der Waals surface area (Å²) in [6, 6.07) is 7.77. The molecular weight excluding hydrogens is 307 g/mol. The lowest BCUT2D eigenvalue weighted by atomic mass is 10.1. The molecule has 0 bridgehead atoms. The maximum Gasteiger partial charge on any atom is 0.220 e. The Kier molecular flexibility index (Phi) is 5.86. The fourth-order valence-corrected chi connectivity index (χ4v) is 2.06. The molecule has 0 saturated heterocycles. The Labute approximate surface area is 133 Å². The summed E-state index contributed by atoms with van der Waals surface area (Å²) in [5.74, 6) is -0.779. The van der Waals surface area contributed by atoms with Crippen LogP contribution >= 0.6 is 11.6 Å². The Bertz CT molecular complexity index is 637. The quantitative estimate of drug-likeness (QED) is 0.859. The maximum absolute atomic E-state index is 13.3. The van der Waals surface area contributed by atoms with Gasteiger partial charge < -0.3 is 10.4 Å². The molecule has 2 rings (SSSR count). The molecule has 1 unspecified atom stereocenters. The molecule has 2 aromatic rings. The van der Waals surface area contributed by atoms with Crippen molar-refractivity contribution in [3.63, 3.8) is 0 Å². The van der Waals surface area contributed by atoms with Crippen molar-refractivity contribution < 1.29 is 14.3 Å². The number of pyridine rings is 1. The van der Waals surface area contributed by atoms with E-state index in [1.807, 2.05) is 12.1 Å². The van der Waals surface area contributed by atoms with Crippen LogP contribution in [-0.4, -0.2) is 22.5 Å². The smallest absolute Gasteiger partial charge is 0.220 e. The fourth-order valence-electron chi connectivity index (χ4n) is 1.94. The summed E-state index contributed by atoms with van der Waals surface area (Å²) in [6.45, 7) is 0.0208. The third kappa shape index (κ3) is 4.79. The number of rotatable bonds is 6. The number of amides is 1. The van der Waals surface area contributed by atoms with Crippen molar-refractivity contribution in [2.75, 3.05) is 6.54 Å². The molecule has 0 fully saturated rings. The Hall–Kier alpha value is -1.98. The number of nitrogens with zero attached hydrogens (tertiary/aromatic N) is 1. The van der Waals surface area contributed by atoms with Crippen molar-refractivity contribution in [3.05, 3.63) is 64.7 Å². The number of aryl methyl sites for hydroxylation is 1. The average Bonchev–Trinajstić information content (AvgIpc) is 2.54. The van der Waals surface area contributed by atoms with Gasteiger partial charge in [0, 0.05) is 25.4 Å². The monoisotopic (exact) mass is 322 g/mol. The van der Waals surface area contributed by atoms with Crippen molar-refractivity contribution in [2.45, 2.75) is 18.9 Å². The van der Waals surface area contributed by atoms with Gasteiger partial charge in [0.1, 0.15) is 5.82 Å². The molecular formula is C16H16ClFN2O2. The lowest BCUT2D eigenvalue weighted by molar-refractivity contribution is -0.121. The minimum Gasteiger partial charge on any atom is -0.387 e. The molecule has 0 saturated carbocycles. The zero-order valence-corrected chi connectivity index (χ0v) is 12.6. The van der Waals surface area contributed by atoms with E-state index in [9.17, 15) is 14.3 Å². The van der Waals surface area contributed by atoms with Gasteiger partial charge in [0.15, 0.2) is 0 Å².